The van der Waals surface area contributed by atoms with E-state index in [9.17, 15) is 14.0 Å². The van der Waals surface area contributed by atoms with Gasteiger partial charge >= 0.3 is 12.1 Å². The SMILES string of the molecule is CCOC(=O)C(F)[C@H]1CN(C(=O)OC(C)(C)C)C[C@@H]1I. The highest BCUT2D eigenvalue weighted by atomic mass is 127. The van der Waals surface area contributed by atoms with Crippen molar-refractivity contribution < 1.29 is 23.5 Å². The van der Waals surface area contributed by atoms with Crippen LogP contribution in [0.4, 0.5) is 9.18 Å². The van der Waals surface area contributed by atoms with Gasteiger partial charge in [-0.05, 0) is 27.7 Å². The van der Waals surface area contributed by atoms with E-state index in [2.05, 4.69) is 27.3 Å². The van der Waals surface area contributed by atoms with Gasteiger partial charge in [-0.3, -0.25) is 0 Å². The number of nitrogens with zero attached hydrogens (tertiary/aromatic N) is 1. The molecule has 0 spiro atoms. The quantitative estimate of drug-likeness (QED) is 0.415. The van der Waals surface area contributed by atoms with Gasteiger partial charge < -0.3 is 14.4 Å². The van der Waals surface area contributed by atoms with Crippen molar-refractivity contribution in [2.45, 2.75) is 43.4 Å². The Hall–Kier alpha value is -0.600. The maximum Gasteiger partial charge on any atom is 0.410 e. The number of halogens is 2. The van der Waals surface area contributed by atoms with Crippen LogP contribution < -0.4 is 0 Å². The molecule has 0 bridgehead atoms. The Morgan fingerprint density at radius 1 is 1.40 bits per heavy atom. The highest BCUT2D eigenvalue weighted by Gasteiger charge is 2.43. The normalized spacial score (nSPS) is 24.4. The Kier molecular flexibility index (Phi) is 6.03. The first kappa shape index (κ1) is 17.5. The molecule has 1 unspecified atom stereocenters. The number of carbonyl (C=O) groups is 2. The number of rotatable bonds is 3. The summed E-state index contributed by atoms with van der Waals surface area (Å²) in [6, 6.07) is 0. The Morgan fingerprint density at radius 2 is 2.00 bits per heavy atom. The minimum atomic E-state index is -1.70. The lowest BCUT2D eigenvalue weighted by Gasteiger charge is -2.24. The van der Waals surface area contributed by atoms with Crippen molar-refractivity contribution in [2.75, 3.05) is 19.7 Å². The molecule has 1 aliphatic heterocycles. The van der Waals surface area contributed by atoms with Crippen LogP contribution >= 0.6 is 22.6 Å². The molecule has 1 heterocycles. The molecule has 0 saturated carbocycles. The summed E-state index contributed by atoms with van der Waals surface area (Å²) in [5.74, 6) is -1.41. The predicted molar refractivity (Wildman–Crippen MR) is 80.6 cm³/mol. The molecule has 3 atom stereocenters. The van der Waals surface area contributed by atoms with E-state index in [1.54, 1.807) is 27.7 Å². The first-order valence-corrected chi connectivity index (χ1v) is 7.83. The first-order valence-electron chi connectivity index (χ1n) is 6.58. The fraction of sp³-hybridized carbons (Fsp3) is 0.846. The van der Waals surface area contributed by atoms with Gasteiger partial charge in [-0.1, -0.05) is 22.6 Å². The van der Waals surface area contributed by atoms with E-state index < -0.39 is 29.8 Å². The monoisotopic (exact) mass is 401 g/mol. The van der Waals surface area contributed by atoms with Crippen molar-refractivity contribution in [3.8, 4) is 0 Å². The van der Waals surface area contributed by atoms with Gasteiger partial charge in [0, 0.05) is 22.9 Å². The highest BCUT2D eigenvalue weighted by molar-refractivity contribution is 14.1. The molecule has 1 fully saturated rings. The van der Waals surface area contributed by atoms with Gasteiger partial charge in [0.2, 0.25) is 6.17 Å². The third-order valence-electron chi connectivity index (χ3n) is 2.83. The van der Waals surface area contributed by atoms with Crippen molar-refractivity contribution in [1.29, 1.82) is 0 Å². The van der Waals surface area contributed by atoms with Crippen LogP contribution in [-0.2, 0) is 14.3 Å². The first-order chi connectivity index (χ1) is 9.15. The Labute approximate surface area is 132 Å². The maximum atomic E-state index is 14.1. The van der Waals surface area contributed by atoms with Crippen molar-refractivity contribution in [2.24, 2.45) is 5.92 Å². The van der Waals surface area contributed by atoms with E-state index in [1.165, 1.54) is 4.90 Å². The molecule has 20 heavy (non-hydrogen) atoms. The van der Waals surface area contributed by atoms with Crippen molar-refractivity contribution in [1.82, 2.24) is 4.90 Å². The smallest absolute Gasteiger partial charge is 0.410 e. The maximum absolute atomic E-state index is 14.1. The second kappa shape index (κ2) is 6.91. The lowest BCUT2D eigenvalue weighted by molar-refractivity contribution is -0.151. The summed E-state index contributed by atoms with van der Waals surface area (Å²) in [7, 11) is 0. The van der Waals surface area contributed by atoms with E-state index in [-0.39, 0.29) is 17.1 Å². The number of alkyl halides is 2. The lowest BCUT2D eigenvalue weighted by atomic mass is 10.0. The van der Waals surface area contributed by atoms with Crippen LogP contribution in [0.25, 0.3) is 0 Å². The zero-order chi connectivity index (χ0) is 15.5. The van der Waals surface area contributed by atoms with Gasteiger partial charge in [0.1, 0.15) is 5.60 Å². The second-order valence-electron chi connectivity index (χ2n) is 5.72. The molecule has 1 rings (SSSR count). The van der Waals surface area contributed by atoms with Gasteiger partial charge in [0.15, 0.2) is 0 Å². The molecular formula is C13H21FINO4. The number of hydrogen-bond donors (Lipinski definition) is 0. The summed E-state index contributed by atoms with van der Waals surface area (Å²) in [5, 5.41) is 0. The number of carbonyl (C=O) groups excluding carboxylic acids is 2. The molecule has 0 N–H and O–H groups in total. The van der Waals surface area contributed by atoms with E-state index in [1.807, 2.05) is 0 Å². The molecule has 0 aromatic heterocycles. The molecule has 5 nitrogen and oxygen atoms in total. The number of amides is 1. The predicted octanol–water partition coefficient (Wildman–Crippen LogP) is 2.56. The minimum Gasteiger partial charge on any atom is -0.464 e. The third-order valence-corrected chi connectivity index (χ3v) is 4.15. The van der Waals surface area contributed by atoms with Crippen LogP contribution in [0.2, 0.25) is 0 Å². The van der Waals surface area contributed by atoms with Gasteiger partial charge in [-0.2, -0.15) is 0 Å². The molecule has 1 amide bonds. The van der Waals surface area contributed by atoms with Crippen LogP contribution in [0, 0.1) is 5.92 Å². The summed E-state index contributed by atoms with van der Waals surface area (Å²) < 4.78 is 23.9. The molecule has 1 saturated heterocycles. The molecule has 0 aromatic carbocycles. The van der Waals surface area contributed by atoms with Crippen molar-refractivity contribution in [3.63, 3.8) is 0 Å². The summed E-state index contributed by atoms with van der Waals surface area (Å²) in [4.78, 5) is 24.8. The Bertz CT molecular complexity index is 372. The standard InChI is InChI=1S/C13H21FINO4/c1-5-19-11(17)10(14)8-6-16(7-9(8)15)12(18)20-13(2,3)4/h8-10H,5-7H2,1-4H3/t8-,9-,10?/m0/s1. The van der Waals surface area contributed by atoms with E-state index in [0.717, 1.165) is 0 Å². The van der Waals surface area contributed by atoms with Crippen LogP contribution in [0.5, 0.6) is 0 Å². The fourth-order valence-electron chi connectivity index (χ4n) is 1.94. The zero-order valence-electron chi connectivity index (χ0n) is 12.2. The van der Waals surface area contributed by atoms with Crippen LogP contribution in [0.1, 0.15) is 27.7 Å². The highest BCUT2D eigenvalue weighted by Crippen LogP contribution is 2.30. The van der Waals surface area contributed by atoms with Crippen molar-refractivity contribution in [3.05, 3.63) is 0 Å². The molecule has 0 aromatic rings. The number of hydrogen-bond acceptors (Lipinski definition) is 4. The third kappa shape index (κ3) is 4.75. The lowest BCUT2D eigenvalue weighted by Crippen LogP contribution is -2.37. The van der Waals surface area contributed by atoms with Gasteiger partial charge in [0.05, 0.1) is 6.61 Å². The van der Waals surface area contributed by atoms with Crippen LogP contribution in [0.15, 0.2) is 0 Å². The number of esters is 1. The zero-order valence-corrected chi connectivity index (χ0v) is 14.3. The van der Waals surface area contributed by atoms with Gasteiger partial charge in [0.25, 0.3) is 0 Å². The van der Waals surface area contributed by atoms with Crippen molar-refractivity contribution >= 4 is 34.7 Å². The Morgan fingerprint density at radius 3 is 2.50 bits per heavy atom. The molecule has 0 radical (unpaired) electrons. The summed E-state index contributed by atoms with van der Waals surface area (Å²) in [5.41, 5.74) is -0.591. The second-order valence-corrected chi connectivity index (χ2v) is 7.32. The van der Waals surface area contributed by atoms with E-state index in [0.29, 0.717) is 6.54 Å². The summed E-state index contributed by atoms with van der Waals surface area (Å²) >= 11 is 2.06. The van der Waals surface area contributed by atoms with E-state index >= 15 is 0 Å². The van der Waals surface area contributed by atoms with Crippen LogP contribution in [-0.4, -0.2) is 52.4 Å². The molecule has 1 aliphatic rings. The average Bonchev–Trinajstić information content (AvgIpc) is 2.68. The topological polar surface area (TPSA) is 55.8 Å². The van der Waals surface area contributed by atoms with Gasteiger partial charge in [-0.15, -0.1) is 0 Å². The summed E-state index contributed by atoms with van der Waals surface area (Å²) in [6.07, 6.45) is -2.18. The number of ether oxygens (including phenoxy) is 2. The molecule has 116 valence electrons. The minimum absolute atomic E-state index is 0.139. The summed E-state index contributed by atoms with van der Waals surface area (Å²) in [6.45, 7) is 7.65. The fourth-order valence-corrected chi connectivity index (χ4v) is 3.00. The Balaban J connectivity index is 2.63. The largest absolute Gasteiger partial charge is 0.464 e. The van der Waals surface area contributed by atoms with Crippen LogP contribution in [0.3, 0.4) is 0 Å². The molecule has 0 aliphatic carbocycles. The molecular weight excluding hydrogens is 380 g/mol. The molecule has 7 heteroatoms. The van der Waals surface area contributed by atoms with E-state index in [4.69, 9.17) is 4.74 Å². The number of likely N-dealkylation sites (tertiary alicyclic amines) is 1. The average molecular weight is 401 g/mol. The van der Waals surface area contributed by atoms with Gasteiger partial charge in [-0.25, -0.2) is 14.0 Å².